The molecule has 6 nitrogen and oxygen atoms in total. The molecule has 2 aliphatic rings. The van der Waals surface area contributed by atoms with Gasteiger partial charge in [0.2, 0.25) is 5.89 Å². The first-order valence-electron chi connectivity index (χ1n) is 10.8. The Morgan fingerprint density at radius 3 is 2.76 bits per heavy atom. The smallest absolute Gasteiger partial charge is 0.208 e. The number of likely N-dealkylation sites (tertiary alicyclic amines) is 1. The Morgan fingerprint density at radius 1 is 1.21 bits per heavy atom. The van der Waals surface area contributed by atoms with Crippen molar-refractivity contribution in [2.75, 3.05) is 33.4 Å². The van der Waals surface area contributed by atoms with E-state index in [0.29, 0.717) is 12.0 Å². The summed E-state index contributed by atoms with van der Waals surface area (Å²) in [6.45, 7) is 8.85. The Morgan fingerprint density at radius 2 is 2.03 bits per heavy atom. The van der Waals surface area contributed by atoms with Gasteiger partial charge in [0.25, 0.3) is 0 Å². The van der Waals surface area contributed by atoms with Crippen molar-refractivity contribution < 1.29 is 13.9 Å². The van der Waals surface area contributed by atoms with Crippen molar-refractivity contribution in [1.82, 2.24) is 15.2 Å². The number of nitrogens with zero attached hydrogens (tertiary/aromatic N) is 2. The van der Waals surface area contributed by atoms with E-state index in [1.165, 1.54) is 18.4 Å². The number of fused-ring (bicyclic) bond motifs is 1. The highest BCUT2D eigenvalue weighted by Crippen LogP contribution is 2.34. The van der Waals surface area contributed by atoms with Gasteiger partial charge in [0.05, 0.1) is 26.0 Å². The maximum atomic E-state index is 5.93. The van der Waals surface area contributed by atoms with E-state index in [1.807, 2.05) is 26.0 Å². The lowest BCUT2D eigenvalue weighted by atomic mass is 9.95. The lowest BCUT2D eigenvalue weighted by Gasteiger charge is -2.32. The number of aryl methyl sites for hydroxylation is 2. The number of rotatable bonds is 6. The van der Waals surface area contributed by atoms with Crippen molar-refractivity contribution in [2.24, 2.45) is 5.92 Å². The van der Waals surface area contributed by atoms with E-state index in [1.54, 1.807) is 7.11 Å². The van der Waals surface area contributed by atoms with Crippen molar-refractivity contribution in [3.05, 3.63) is 41.1 Å². The number of oxazole rings is 1. The summed E-state index contributed by atoms with van der Waals surface area (Å²) in [6.07, 6.45) is 4.59. The van der Waals surface area contributed by atoms with E-state index in [9.17, 15) is 0 Å². The second-order valence-electron chi connectivity index (χ2n) is 8.32. The molecule has 0 spiro atoms. The third-order valence-corrected chi connectivity index (χ3v) is 6.28. The van der Waals surface area contributed by atoms with Crippen LogP contribution in [0.2, 0.25) is 0 Å². The van der Waals surface area contributed by atoms with Crippen LogP contribution in [0.5, 0.6) is 11.5 Å². The molecule has 1 saturated heterocycles. The van der Waals surface area contributed by atoms with Crippen LogP contribution in [0.3, 0.4) is 0 Å². The van der Waals surface area contributed by atoms with Crippen molar-refractivity contribution in [3.8, 4) is 11.5 Å². The molecular formula is C23H33N3O3. The Bertz CT molecular complexity index is 792. The van der Waals surface area contributed by atoms with Crippen LogP contribution in [-0.4, -0.2) is 43.2 Å². The van der Waals surface area contributed by atoms with Gasteiger partial charge in [-0.25, -0.2) is 4.98 Å². The third-order valence-electron chi connectivity index (χ3n) is 6.28. The van der Waals surface area contributed by atoms with E-state index < -0.39 is 0 Å². The quantitative estimate of drug-likeness (QED) is 0.792. The van der Waals surface area contributed by atoms with Gasteiger partial charge < -0.3 is 19.2 Å². The van der Waals surface area contributed by atoms with Crippen molar-refractivity contribution in [1.29, 1.82) is 0 Å². The molecule has 2 aliphatic heterocycles. The molecule has 1 atom stereocenters. The van der Waals surface area contributed by atoms with Crippen LogP contribution in [0.25, 0.3) is 0 Å². The maximum Gasteiger partial charge on any atom is 0.208 e. The van der Waals surface area contributed by atoms with Crippen LogP contribution in [0.4, 0.5) is 0 Å². The monoisotopic (exact) mass is 399 g/mol. The molecule has 4 rings (SSSR count). The molecular weight excluding hydrogens is 366 g/mol. The van der Waals surface area contributed by atoms with Crippen molar-refractivity contribution in [2.45, 2.75) is 52.1 Å². The number of ether oxygens (including phenoxy) is 2. The minimum Gasteiger partial charge on any atom is -0.497 e. The average molecular weight is 400 g/mol. The zero-order valence-electron chi connectivity index (χ0n) is 17.9. The number of methoxy groups -OCH3 is 1. The van der Waals surface area contributed by atoms with Crippen molar-refractivity contribution in [3.63, 3.8) is 0 Å². The number of hydrogen-bond donors (Lipinski definition) is 1. The third kappa shape index (κ3) is 4.93. The summed E-state index contributed by atoms with van der Waals surface area (Å²) in [5, 5.41) is 3.83. The van der Waals surface area contributed by atoms with Crippen LogP contribution >= 0.6 is 0 Å². The summed E-state index contributed by atoms with van der Waals surface area (Å²) in [6, 6.07) is 6.48. The van der Waals surface area contributed by atoms with Crippen LogP contribution in [-0.2, 0) is 6.54 Å². The molecule has 1 N–H and O–H groups in total. The minimum absolute atomic E-state index is 0.332. The zero-order valence-corrected chi connectivity index (χ0v) is 17.9. The van der Waals surface area contributed by atoms with Crippen LogP contribution < -0.4 is 14.8 Å². The summed E-state index contributed by atoms with van der Waals surface area (Å²) in [7, 11) is 1.72. The molecule has 1 aromatic carbocycles. The standard InChI is InChI=1S/C23H33N3O3/c1-16-17(2)29-23(25-16)15-26-10-8-18(9-11-26)14-24-21-5-4-12-28-22-7-6-19(27-3)13-20(21)22/h6-7,13,18,21,24H,4-5,8-12,14-15H2,1-3H3. The first-order chi connectivity index (χ1) is 14.1. The maximum absolute atomic E-state index is 5.93. The predicted molar refractivity (Wildman–Crippen MR) is 112 cm³/mol. The van der Waals surface area contributed by atoms with Crippen LogP contribution in [0.1, 0.15) is 54.6 Å². The molecule has 3 heterocycles. The Kier molecular flexibility index (Phi) is 6.40. The SMILES string of the molecule is COc1ccc2c(c1)C(NCC1CCN(Cc3nc(C)c(C)o3)CC1)CCCO2. The first kappa shape index (κ1) is 20.2. The minimum atomic E-state index is 0.332. The highest BCUT2D eigenvalue weighted by atomic mass is 16.5. The van der Waals surface area contributed by atoms with E-state index in [2.05, 4.69) is 21.3 Å². The van der Waals surface area contributed by atoms with E-state index in [0.717, 1.165) is 74.5 Å². The highest BCUT2D eigenvalue weighted by molar-refractivity contribution is 5.42. The average Bonchev–Trinajstić information content (AvgIpc) is 2.93. The molecule has 0 radical (unpaired) electrons. The summed E-state index contributed by atoms with van der Waals surface area (Å²) in [4.78, 5) is 6.98. The van der Waals surface area contributed by atoms with Crippen LogP contribution in [0, 0.1) is 19.8 Å². The lowest BCUT2D eigenvalue weighted by molar-refractivity contribution is 0.160. The lowest BCUT2D eigenvalue weighted by Crippen LogP contribution is -2.37. The Hall–Kier alpha value is -2.05. The fourth-order valence-electron chi connectivity index (χ4n) is 4.35. The number of hydrogen-bond acceptors (Lipinski definition) is 6. The van der Waals surface area contributed by atoms with Gasteiger partial charge in [-0.3, -0.25) is 4.90 Å². The molecule has 29 heavy (non-hydrogen) atoms. The van der Waals surface area contributed by atoms with Gasteiger partial charge in [0.15, 0.2) is 0 Å². The van der Waals surface area contributed by atoms with Gasteiger partial charge in [-0.2, -0.15) is 0 Å². The molecule has 1 aromatic heterocycles. The van der Waals surface area contributed by atoms with E-state index in [-0.39, 0.29) is 0 Å². The topological polar surface area (TPSA) is 59.8 Å². The predicted octanol–water partition coefficient (Wildman–Crippen LogP) is 4.02. The molecule has 0 aliphatic carbocycles. The Labute approximate surface area is 173 Å². The van der Waals surface area contributed by atoms with Gasteiger partial charge in [-0.15, -0.1) is 0 Å². The van der Waals surface area contributed by atoms with E-state index >= 15 is 0 Å². The number of benzene rings is 1. The van der Waals surface area contributed by atoms with Gasteiger partial charge >= 0.3 is 0 Å². The molecule has 158 valence electrons. The van der Waals surface area contributed by atoms with Gasteiger partial charge in [0, 0.05) is 11.6 Å². The summed E-state index contributed by atoms with van der Waals surface area (Å²) in [5.74, 6) is 4.37. The number of piperidine rings is 1. The first-order valence-corrected chi connectivity index (χ1v) is 10.8. The highest BCUT2D eigenvalue weighted by Gasteiger charge is 2.24. The second kappa shape index (κ2) is 9.18. The fraction of sp³-hybridized carbons (Fsp3) is 0.609. The van der Waals surface area contributed by atoms with Crippen LogP contribution in [0.15, 0.2) is 22.6 Å². The molecule has 1 fully saturated rings. The molecule has 0 amide bonds. The molecule has 2 aromatic rings. The molecule has 1 unspecified atom stereocenters. The summed E-state index contributed by atoms with van der Waals surface area (Å²) >= 11 is 0. The summed E-state index contributed by atoms with van der Waals surface area (Å²) < 4.78 is 17.1. The molecule has 0 saturated carbocycles. The number of nitrogens with one attached hydrogen (secondary N) is 1. The second-order valence-corrected chi connectivity index (χ2v) is 8.32. The fourth-order valence-corrected chi connectivity index (χ4v) is 4.35. The van der Waals surface area contributed by atoms with E-state index in [4.69, 9.17) is 13.9 Å². The molecule has 6 heteroatoms. The summed E-state index contributed by atoms with van der Waals surface area (Å²) in [5.41, 5.74) is 2.23. The molecule has 0 bridgehead atoms. The number of aromatic nitrogens is 1. The largest absolute Gasteiger partial charge is 0.497 e. The van der Waals surface area contributed by atoms with Gasteiger partial charge in [-0.05, 0) is 83.3 Å². The van der Waals surface area contributed by atoms with Crippen molar-refractivity contribution >= 4 is 0 Å². The zero-order chi connectivity index (χ0) is 20.2. The van der Waals surface area contributed by atoms with Gasteiger partial charge in [-0.1, -0.05) is 0 Å². The van der Waals surface area contributed by atoms with Gasteiger partial charge in [0.1, 0.15) is 17.3 Å². The normalized spacial score (nSPS) is 20.7. The Balaban J connectivity index is 1.29.